The maximum absolute atomic E-state index is 13.1. The Hall–Kier alpha value is -1.14. The molecule has 0 heterocycles. The third-order valence-electron chi connectivity index (χ3n) is 3.58. The predicted molar refractivity (Wildman–Crippen MR) is 72.6 cm³/mol. The molecule has 0 radical (unpaired) electrons. The lowest BCUT2D eigenvalue weighted by molar-refractivity contribution is 0.495. The normalized spacial score (nSPS) is 16.9. The maximum atomic E-state index is 13.1. The van der Waals surface area contributed by atoms with E-state index in [0.29, 0.717) is 12.5 Å². The smallest absolute Gasteiger partial charge is 0.242 e. The first-order chi connectivity index (χ1) is 8.99. The molecule has 0 spiro atoms. The standard InChI is InChI=1S/C13H19FN2O2S/c14-11-5-6-12(15)13(9-11)19(17,18)16-8-7-10-3-1-2-4-10/h5-6,9-10,16H,1-4,7-8,15H2. The predicted octanol–water partition coefficient (Wildman–Crippen LogP) is 2.27. The van der Waals surface area contributed by atoms with E-state index in [1.54, 1.807) is 0 Å². The molecular weight excluding hydrogens is 267 g/mol. The summed E-state index contributed by atoms with van der Waals surface area (Å²) in [4.78, 5) is -0.182. The second-order valence-corrected chi connectivity index (χ2v) is 6.75. The Kier molecular flexibility index (Phi) is 4.42. The molecule has 0 bridgehead atoms. The van der Waals surface area contributed by atoms with Crippen LogP contribution in [0, 0.1) is 11.7 Å². The zero-order chi connectivity index (χ0) is 13.9. The Morgan fingerprint density at radius 3 is 2.68 bits per heavy atom. The molecule has 0 amide bonds. The van der Waals surface area contributed by atoms with Crippen molar-refractivity contribution in [2.24, 2.45) is 5.92 Å². The highest BCUT2D eigenvalue weighted by Gasteiger charge is 2.20. The van der Waals surface area contributed by atoms with E-state index in [-0.39, 0.29) is 10.6 Å². The number of nitrogens with two attached hydrogens (primary N) is 1. The third kappa shape index (κ3) is 3.67. The number of hydrogen-bond acceptors (Lipinski definition) is 3. The average Bonchev–Trinajstić information content (AvgIpc) is 2.85. The van der Waals surface area contributed by atoms with Gasteiger partial charge in [-0.05, 0) is 30.5 Å². The topological polar surface area (TPSA) is 72.2 Å². The highest BCUT2D eigenvalue weighted by molar-refractivity contribution is 7.89. The van der Waals surface area contributed by atoms with E-state index in [0.717, 1.165) is 18.6 Å². The van der Waals surface area contributed by atoms with Crippen molar-refractivity contribution in [3.63, 3.8) is 0 Å². The summed E-state index contributed by atoms with van der Waals surface area (Å²) < 4.78 is 39.6. The molecule has 4 nitrogen and oxygen atoms in total. The van der Waals surface area contributed by atoms with E-state index < -0.39 is 15.8 Å². The van der Waals surface area contributed by atoms with Gasteiger partial charge in [0.2, 0.25) is 10.0 Å². The van der Waals surface area contributed by atoms with Gasteiger partial charge in [-0.25, -0.2) is 17.5 Å². The van der Waals surface area contributed by atoms with Gasteiger partial charge in [0.15, 0.2) is 0 Å². The van der Waals surface area contributed by atoms with Crippen molar-refractivity contribution < 1.29 is 12.8 Å². The summed E-state index contributed by atoms with van der Waals surface area (Å²) >= 11 is 0. The highest BCUT2D eigenvalue weighted by Crippen LogP contribution is 2.27. The number of nitrogen functional groups attached to an aromatic ring is 1. The fraction of sp³-hybridized carbons (Fsp3) is 0.538. The van der Waals surface area contributed by atoms with Gasteiger partial charge < -0.3 is 5.73 Å². The van der Waals surface area contributed by atoms with E-state index in [1.807, 2.05) is 0 Å². The van der Waals surface area contributed by atoms with Crippen molar-refractivity contribution in [2.45, 2.75) is 37.0 Å². The average molecular weight is 286 g/mol. The number of rotatable bonds is 5. The first-order valence-electron chi connectivity index (χ1n) is 6.54. The molecule has 0 atom stereocenters. The zero-order valence-electron chi connectivity index (χ0n) is 10.7. The minimum absolute atomic E-state index is 0.0646. The van der Waals surface area contributed by atoms with E-state index in [4.69, 9.17) is 5.73 Å². The second-order valence-electron chi connectivity index (χ2n) is 5.02. The minimum atomic E-state index is -3.72. The lowest BCUT2D eigenvalue weighted by Gasteiger charge is -2.11. The second kappa shape index (κ2) is 5.88. The van der Waals surface area contributed by atoms with E-state index in [1.165, 1.54) is 31.7 Å². The number of hydrogen-bond donors (Lipinski definition) is 2. The van der Waals surface area contributed by atoms with Gasteiger partial charge in [0.05, 0.1) is 5.69 Å². The van der Waals surface area contributed by atoms with Crippen LogP contribution in [-0.4, -0.2) is 15.0 Å². The Balaban J connectivity index is 1.99. The van der Waals surface area contributed by atoms with E-state index in [9.17, 15) is 12.8 Å². The largest absolute Gasteiger partial charge is 0.398 e. The molecule has 6 heteroatoms. The molecule has 19 heavy (non-hydrogen) atoms. The molecule has 2 rings (SSSR count). The molecular formula is C13H19FN2O2S. The molecule has 1 aromatic carbocycles. The van der Waals surface area contributed by atoms with Crippen molar-refractivity contribution in [3.05, 3.63) is 24.0 Å². The summed E-state index contributed by atoms with van der Waals surface area (Å²) in [7, 11) is -3.72. The van der Waals surface area contributed by atoms with Crippen LogP contribution >= 0.6 is 0 Å². The molecule has 3 N–H and O–H groups in total. The molecule has 0 unspecified atom stereocenters. The van der Waals surface area contributed by atoms with Gasteiger partial charge in [-0.2, -0.15) is 0 Å². The van der Waals surface area contributed by atoms with Crippen molar-refractivity contribution in [3.8, 4) is 0 Å². The summed E-state index contributed by atoms with van der Waals surface area (Å²) in [6.45, 7) is 0.378. The van der Waals surface area contributed by atoms with Crippen LogP contribution in [-0.2, 0) is 10.0 Å². The van der Waals surface area contributed by atoms with Gasteiger partial charge in [0.25, 0.3) is 0 Å². The summed E-state index contributed by atoms with van der Waals surface area (Å²) in [5, 5.41) is 0. The number of benzene rings is 1. The number of sulfonamides is 1. The summed E-state index contributed by atoms with van der Waals surface area (Å²) in [6.07, 6.45) is 5.63. The molecule has 1 saturated carbocycles. The van der Waals surface area contributed by atoms with Crippen LogP contribution in [0.5, 0.6) is 0 Å². The van der Waals surface area contributed by atoms with Crippen LogP contribution in [0.15, 0.2) is 23.1 Å². The molecule has 1 aliphatic rings. The van der Waals surface area contributed by atoms with Crippen molar-refractivity contribution in [2.75, 3.05) is 12.3 Å². The Morgan fingerprint density at radius 1 is 1.32 bits per heavy atom. The molecule has 1 fully saturated rings. The number of anilines is 1. The molecule has 0 saturated heterocycles. The minimum Gasteiger partial charge on any atom is -0.398 e. The maximum Gasteiger partial charge on any atom is 0.242 e. The van der Waals surface area contributed by atoms with Crippen LogP contribution < -0.4 is 10.5 Å². The van der Waals surface area contributed by atoms with Crippen LogP contribution in [0.4, 0.5) is 10.1 Å². The van der Waals surface area contributed by atoms with Gasteiger partial charge in [0, 0.05) is 6.54 Å². The first-order valence-corrected chi connectivity index (χ1v) is 8.02. The lowest BCUT2D eigenvalue weighted by atomic mass is 10.1. The van der Waals surface area contributed by atoms with Crippen molar-refractivity contribution in [1.82, 2.24) is 4.72 Å². The van der Waals surface area contributed by atoms with Crippen LogP contribution in [0.2, 0.25) is 0 Å². The SMILES string of the molecule is Nc1ccc(F)cc1S(=O)(=O)NCCC1CCCC1. The summed E-state index contributed by atoms with van der Waals surface area (Å²) in [5.74, 6) is -0.00192. The van der Waals surface area contributed by atoms with Crippen LogP contribution in [0.3, 0.4) is 0 Å². The van der Waals surface area contributed by atoms with Crippen LogP contribution in [0.25, 0.3) is 0 Å². The molecule has 1 aromatic rings. The van der Waals surface area contributed by atoms with Gasteiger partial charge in [-0.3, -0.25) is 0 Å². The van der Waals surface area contributed by atoms with Gasteiger partial charge in [-0.15, -0.1) is 0 Å². The van der Waals surface area contributed by atoms with Crippen molar-refractivity contribution in [1.29, 1.82) is 0 Å². The van der Waals surface area contributed by atoms with E-state index >= 15 is 0 Å². The fourth-order valence-corrected chi connectivity index (χ4v) is 3.70. The quantitative estimate of drug-likeness (QED) is 0.816. The fourth-order valence-electron chi connectivity index (χ4n) is 2.52. The lowest BCUT2D eigenvalue weighted by Crippen LogP contribution is -2.26. The van der Waals surface area contributed by atoms with E-state index in [2.05, 4.69) is 4.72 Å². The van der Waals surface area contributed by atoms with Gasteiger partial charge in [-0.1, -0.05) is 25.7 Å². The third-order valence-corrected chi connectivity index (χ3v) is 5.10. The monoisotopic (exact) mass is 286 g/mol. The highest BCUT2D eigenvalue weighted by atomic mass is 32.2. The Morgan fingerprint density at radius 2 is 2.00 bits per heavy atom. The summed E-state index contributed by atoms with van der Waals surface area (Å²) in [5.41, 5.74) is 5.65. The van der Waals surface area contributed by atoms with Gasteiger partial charge in [0.1, 0.15) is 10.7 Å². The Bertz CT molecular complexity index is 540. The zero-order valence-corrected chi connectivity index (χ0v) is 11.5. The van der Waals surface area contributed by atoms with Gasteiger partial charge >= 0.3 is 0 Å². The van der Waals surface area contributed by atoms with Crippen LogP contribution in [0.1, 0.15) is 32.1 Å². The molecule has 0 aliphatic heterocycles. The number of nitrogens with one attached hydrogen (secondary N) is 1. The van der Waals surface area contributed by atoms with Crippen molar-refractivity contribution >= 4 is 15.7 Å². The molecule has 1 aliphatic carbocycles. The number of halogens is 1. The summed E-state index contributed by atoms with van der Waals surface area (Å²) in [6, 6.07) is 3.36. The molecule has 0 aromatic heterocycles. The Labute approximate surface area is 113 Å². The molecule has 106 valence electrons. The first kappa shape index (κ1) is 14.3.